The molecule has 0 bridgehead atoms. The highest BCUT2D eigenvalue weighted by Gasteiger charge is 2.26. The SMILES string of the molecule is Cc1c(CN2CCC(Nc3ccncc3CCCC(F)(F)F)CC2)ccc2[nH]c(C#N)cc12. The van der Waals surface area contributed by atoms with Crippen molar-refractivity contribution >= 4 is 16.6 Å². The van der Waals surface area contributed by atoms with E-state index < -0.39 is 12.6 Å². The van der Waals surface area contributed by atoms with Crippen molar-refractivity contribution in [2.45, 2.75) is 57.8 Å². The molecule has 8 heteroatoms. The molecule has 1 aromatic carbocycles. The third kappa shape index (κ3) is 5.85. The maximum Gasteiger partial charge on any atom is 0.389 e. The van der Waals surface area contributed by atoms with Gasteiger partial charge in [0.1, 0.15) is 11.8 Å². The van der Waals surface area contributed by atoms with Gasteiger partial charge in [0.05, 0.1) is 0 Å². The first kappa shape index (κ1) is 23.1. The fourth-order valence-electron chi connectivity index (χ4n) is 4.57. The van der Waals surface area contributed by atoms with E-state index in [9.17, 15) is 13.2 Å². The van der Waals surface area contributed by atoms with Crippen LogP contribution in [0.4, 0.5) is 18.9 Å². The zero-order valence-electron chi connectivity index (χ0n) is 18.7. The van der Waals surface area contributed by atoms with Gasteiger partial charge in [0, 0.05) is 61.1 Å². The van der Waals surface area contributed by atoms with E-state index in [4.69, 9.17) is 5.26 Å². The zero-order valence-corrected chi connectivity index (χ0v) is 18.7. The summed E-state index contributed by atoms with van der Waals surface area (Å²) in [6.07, 6.45) is 0.832. The molecule has 0 amide bonds. The summed E-state index contributed by atoms with van der Waals surface area (Å²) in [6.45, 7) is 4.85. The first-order chi connectivity index (χ1) is 15.8. The van der Waals surface area contributed by atoms with Gasteiger partial charge in [-0.1, -0.05) is 6.07 Å². The van der Waals surface area contributed by atoms with E-state index in [2.05, 4.69) is 39.2 Å². The molecule has 1 fully saturated rings. The fourth-order valence-corrected chi connectivity index (χ4v) is 4.57. The Balaban J connectivity index is 1.32. The molecule has 1 saturated heterocycles. The second kappa shape index (κ2) is 9.84. The van der Waals surface area contributed by atoms with Crippen LogP contribution in [0.15, 0.2) is 36.7 Å². The van der Waals surface area contributed by atoms with Gasteiger partial charge in [-0.15, -0.1) is 0 Å². The minimum atomic E-state index is -4.12. The van der Waals surface area contributed by atoms with Gasteiger partial charge in [0.25, 0.3) is 0 Å². The second-order valence-corrected chi connectivity index (χ2v) is 8.80. The molecule has 174 valence electrons. The van der Waals surface area contributed by atoms with E-state index in [0.717, 1.165) is 54.6 Å². The number of alkyl halides is 3. The molecule has 4 rings (SSSR count). The number of fused-ring (bicyclic) bond motifs is 1. The van der Waals surface area contributed by atoms with Crippen LogP contribution in [-0.4, -0.2) is 40.2 Å². The number of pyridine rings is 1. The average molecular weight is 456 g/mol. The zero-order chi connectivity index (χ0) is 23.4. The molecule has 0 saturated carbocycles. The van der Waals surface area contributed by atoms with Crippen LogP contribution in [0.5, 0.6) is 0 Å². The number of piperidine rings is 1. The molecular weight excluding hydrogens is 427 g/mol. The number of rotatable bonds is 7. The molecule has 1 aliphatic rings. The minimum Gasteiger partial charge on any atom is -0.382 e. The summed E-state index contributed by atoms with van der Waals surface area (Å²) in [7, 11) is 0. The average Bonchev–Trinajstić information content (AvgIpc) is 3.22. The van der Waals surface area contributed by atoms with Gasteiger partial charge in [0.15, 0.2) is 0 Å². The van der Waals surface area contributed by atoms with E-state index in [1.165, 1.54) is 11.1 Å². The van der Waals surface area contributed by atoms with Crippen LogP contribution in [0.1, 0.15) is 48.1 Å². The first-order valence-corrected chi connectivity index (χ1v) is 11.3. The van der Waals surface area contributed by atoms with E-state index in [1.807, 2.05) is 18.2 Å². The summed E-state index contributed by atoms with van der Waals surface area (Å²) < 4.78 is 37.5. The first-order valence-electron chi connectivity index (χ1n) is 11.3. The molecular formula is C25H28F3N5. The number of aryl methyl sites for hydroxylation is 2. The Bertz CT molecular complexity index is 1140. The number of aromatic nitrogens is 2. The van der Waals surface area contributed by atoms with Crippen LogP contribution >= 0.6 is 0 Å². The van der Waals surface area contributed by atoms with Gasteiger partial charge >= 0.3 is 6.18 Å². The lowest BCUT2D eigenvalue weighted by molar-refractivity contribution is -0.135. The Kier molecular flexibility index (Phi) is 6.89. The summed E-state index contributed by atoms with van der Waals surface area (Å²) in [5, 5.41) is 13.8. The van der Waals surface area contributed by atoms with Gasteiger partial charge in [-0.25, -0.2) is 0 Å². The number of halogens is 3. The van der Waals surface area contributed by atoms with E-state index in [0.29, 0.717) is 12.1 Å². The molecule has 3 aromatic rings. The highest BCUT2D eigenvalue weighted by Crippen LogP contribution is 2.27. The van der Waals surface area contributed by atoms with Crippen molar-refractivity contribution < 1.29 is 13.2 Å². The molecule has 0 atom stereocenters. The standard InChI is InChI=1S/C25H28F3N5/c1-17-19(4-5-24-22(17)13-21(14-29)32-24)16-33-11-7-20(8-12-33)31-23-6-10-30-15-18(23)3-2-9-25(26,27)28/h4-6,10,13,15,20,32H,2-3,7-9,11-12,16H2,1H3,(H,30,31). The maximum atomic E-state index is 12.5. The van der Waals surface area contributed by atoms with Crippen molar-refractivity contribution in [3.05, 3.63) is 59.0 Å². The predicted octanol–water partition coefficient (Wildman–Crippen LogP) is 5.70. The molecule has 3 heterocycles. The minimum absolute atomic E-state index is 0.0724. The largest absolute Gasteiger partial charge is 0.389 e. The van der Waals surface area contributed by atoms with Crippen LogP contribution in [0.3, 0.4) is 0 Å². The molecule has 2 aromatic heterocycles. The van der Waals surface area contributed by atoms with E-state index >= 15 is 0 Å². The molecule has 0 spiro atoms. The number of benzene rings is 1. The van der Waals surface area contributed by atoms with Crippen LogP contribution in [0, 0.1) is 18.3 Å². The highest BCUT2D eigenvalue weighted by atomic mass is 19.4. The predicted molar refractivity (Wildman–Crippen MR) is 123 cm³/mol. The van der Waals surface area contributed by atoms with E-state index in [-0.39, 0.29) is 12.5 Å². The molecule has 1 aliphatic heterocycles. The Morgan fingerprint density at radius 3 is 2.73 bits per heavy atom. The van der Waals surface area contributed by atoms with Gasteiger partial charge < -0.3 is 10.3 Å². The van der Waals surface area contributed by atoms with Crippen LogP contribution in [0.25, 0.3) is 10.9 Å². The van der Waals surface area contributed by atoms with Crippen molar-refractivity contribution in [3.8, 4) is 6.07 Å². The summed E-state index contributed by atoms with van der Waals surface area (Å²) in [6, 6.07) is 10.4. The molecule has 0 unspecified atom stereocenters. The van der Waals surface area contributed by atoms with E-state index in [1.54, 1.807) is 12.4 Å². The lowest BCUT2D eigenvalue weighted by Crippen LogP contribution is -2.38. The number of H-pyrrole nitrogens is 1. The molecule has 2 N–H and O–H groups in total. The number of aromatic amines is 1. The van der Waals surface area contributed by atoms with Gasteiger partial charge in [0.2, 0.25) is 0 Å². The Hall–Kier alpha value is -3.05. The number of anilines is 1. The lowest BCUT2D eigenvalue weighted by Gasteiger charge is -2.33. The van der Waals surface area contributed by atoms with Gasteiger partial charge in [-0.3, -0.25) is 9.88 Å². The van der Waals surface area contributed by atoms with Crippen LogP contribution < -0.4 is 5.32 Å². The van der Waals surface area contributed by atoms with Crippen molar-refractivity contribution in [1.82, 2.24) is 14.9 Å². The van der Waals surface area contributed by atoms with Crippen LogP contribution in [0.2, 0.25) is 0 Å². The molecule has 0 radical (unpaired) electrons. The fraction of sp³-hybridized carbons (Fsp3) is 0.440. The topological polar surface area (TPSA) is 67.7 Å². The number of likely N-dealkylation sites (tertiary alicyclic amines) is 1. The van der Waals surface area contributed by atoms with Crippen molar-refractivity contribution in [3.63, 3.8) is 0 Å². The van der Waals surface area contributed by atoms with Crippen molar-refractivity contribution in [2.24, 2.45) is 0 Å². The molecule has 5 nitrogen and oxygen atoms in total. The van der Waals surface area contributed by atoms with Gasteiger partial charge in [-0.2, -0.15) is 18.4 Å². The summed E-state index contributed by atoms with van der Waals surface area (Å²) >= 11 is 0. The quantitative estimate of drug-likeness (QED) is 0.479. The second-order valence-electron chi connectivity index (χ2n) is 8.80. The number of nitriles is 1. The Morgan fingerprint density at radius 2 is 2.00 bits per heavy atom. The summed E-state index contributed by atoms with van der Waals surface area (Å²) in [4.78, 5) is 9.66. The lowest BCUT2D eigenvalue weighted by atomic mass is 10.00. The summed E-state index contributed by atoms with van der Waals surface area (Å²) in [5.74, 6) is 0. The number of nitrogens with zero attached hydrogens (tertiary/aromatic N) is 3. The van der Waals surface area contributed by atoms with Crippen molar-refractivity contribution in [1.29, 1.82) is 5.26 Å². The van der Waals surface area contributed by atoms with Gasteiger partial charge in [-0.05, 0) is 67.5 Å². The Labute approximate surface area is 191 Å². The molecule has 0 aliphatic carbocycles. The monoisotopic (exact) mass is 455 g/mol. The third-order valence-electron chi connectivity index (χ3n) is 6.46. The number of hydrogen-bond acceptors (Lipinski definition) is 4. The summed E-state index contributed by atoms with van der Waals surface area (Å²) in [5.41, 5.74) is 5.76. The van der Waals surface area contributed by atoms with Crippen LogP contribution in [-0.2, 0) is 13.0 Å². The number of hydrogen-bond donors (Lipinski definition) is 2. The number of nitrogens with one attached hydrogen (secondary N) is 2. The van der Waals surface area contributed by atoms with Crippen molar-refractivity contribution in [2.75, 3.05) is 18.4 Å². The Morgan fingerprint density at radius 1 is 1.21 bits per heavy atom. The highest BCUT2D eigenvalue weighted by molar-refractivity contribution is 5.85. The third-order valence-corrected chi connectivity index (χ3v) is 6.46. The maximum absolute atomic E-state index is 12.5. The smallest absolute Gasteiger partial charge is 0.382 e. The molecule has 33 heavy (non-hydrogen) atoms. The normalized spacial score (nSPS) is 15.6.